The molecule has 3 aromatic rings. The zero-order chi connectivity index (χ0) is 19.6. The van der Waals surface area contributed by atoms with Gasteiger partial charge in [-0.05, 0) is 37.9 Å². The van der Waals surface area contributed by atoms with Crippen LogP contribution in [0.3, 0.4) is 0 Å². The Kier molecular flexibility index (Phi) is 5.14. The van der Waals surface area contributed by atoms with Crippen LogP contribution in [0.15, 0.2) is 54.7 Å². The quantitative estimate of drug-likeness (QED) is 0.729. The number of para-hydroxylation sites is 1. The lowest BCUT2D eigenvalue weighted by atomic mass is 10.0. The number of aromatic nitrogens is 1. The highest BCUT2D eigenvalue weighted by atomic mass is 19.4. The molecule has 0 spiro atoms. The molecule has 1 N–H and O–H groups in total. The molecule has 0 saturated carbocycles. The maximum Gasteiger partial charge on any atom is 0.417 e. The van der Waals surface area contributed by atoms with Crippen LogP contribution in [-0.4, -0.2) is 29.9 Å². The van der Waals surface area contributed by atoms with Crippen LogP contribution in [0.25, 0.3) is 10.9 Å². The maximum absolute atomic E-state index is 13.7. The number of nitrogens with one attached hydrogen (secondary N) is 1. The van der Waals surface area contributed by atoms with Crippen LogP contribution in [0.2, 0.25) is 0 Å². The van der Waals surface area contributed by atoms with E-state index >= 15 is 0 Å². The fourth-order valence-corrected chi connectivity index (χ4v) is 2.93. The number of pyridine rings is 1. The molecule has 0 bridgehead atoms. The molecule has 0 saturated heterocycles. The van der Waals surface area contributed by atoms with Crippen LogP contribution in [0, 0.1) is 0 Å². The topological polar surface area (TPSA) is 45.2 Å². The van der Waals surface area contributed by atoms with Gasteiger partial charge in [-0.2, -0.15) is 13.2 Å². The van der Waals surface area contributed by atoms with Gasteiger partial charge in [-0.25, -0.2) is 0 Å². The van der Waals surface area contributed by atoms with Gasteiger partial charge in [0.25, 0.3) is 5.91 Å². The molecular weight excluding hydrogens is 355 g/mol. The molecule has 4 nitrogen and oxygen atoms in total. The van der Waals surface area contributed by atoms with Crippen molar-refractivity contribution in [2.24, 2.45) is 0 Å². The molecule has 140 valence electrons. The summed E-state index contributed by atoms with van der Waals surface area (Å²) in [5.41, 5.74) is 0.0785. The van der Waals surface area contributed by atoms with Crippen LogP contribution >= 0.6 is 0 Å². The third-order valence-electron chi connectivity index (χ3n) is 3.99. The Balaban J connectivity index is 1.99. The van der Waals surface area contributed by atoms with Crippen molar-refractivity contribution in [3.8, 4) is 0 Å². The van der Waals surface area contributed by atoms with Crippen LogP contribution in [0.5, 0.6) is 0 Å². The summed E-state index contributed by atoms with van der Waals surface area (Å²) in [6.07, 6.45) is -3.70. The number of alkyl halides is 3. The summed E-state index contributed by atoms with van der Waals surface area (Å²) in [6, 6.07) is 12.9. The van der Waals surface area contributed by atoms with Gasteiger partial charge in [0, 0.05) is 23.8 Å². The second-order valence-electron chi connectivity index (χ2n) is 6.45. The molecule has 1 heterocycles. The summed E-state index contributed by atoms with van der Waals surface area (Å²) >= 11 is 0. The molecule has 0 atom stereocenters. The van der Waals surface area contributed by atoms with Crippen LogP contribution < -0.4 is 5.32 Å². The molecule has 0 fully saturated rings. The number of carbonyl (C=O) groups excluding carboxylic acids is 1. The van der Waals surface area contributed by atoms with Gasteiger partial charge >= 0.3 is 6.18 Å². The monoisotopic (exact) mass is 373 g/mol. The van der Waals surface area contributed by atoms with E-state index in [-0.39, 0.29) is 10.9 Å². The van der Waals surface area contributed by atoms with E-state index in [0.29, 0.717) is 12.2 Å². The standard InChI is InChI=1S/C20H18F3N3O/c1-26(2)12-13-6-5-7-14(10-13)25-19(27)16-11-24-17-9-4-3-8-15(17)18(16)20(21,22)23/h3-11H,12H2,1-2H3,(H,25,27). The highest BCUT2D eigenvalue weighted by molar-refractivity contribution is 6.07. The third-order valence-corrected chi connectivity index (χ3v) is 3.99. The number of nitrogens with zero attached hydrogens (tertiary/aromatic N) is 2. The van der Waals surface area contributed by atoms with Gasteiger partial charge in [-0.15, -0.1) is 0 Å². The Hall–Kier alpha value is -2.93. The lowest BCUT2D eigenvalue weighted by Gasteiger charge is -2.16. The molecule has 0 unspecified atom stereocenters. The predicted molar refractivity (Wildman–Crippen MR) is 98.5 cm³/mol. The average Bonchev–Trinajstić information content (AvgIpc) is 2.59. The van der Waals surface area contributed by atoms with Crippen molar-refractivity contribution >= 4 is 22.5 Å². The van der Waals surface area contributed by atoms with Gasteiger partial charge in [0.05, 0.1) is 16.6 Å². The van der Waals surface area contributed by atoms with Crippen molar-refractivity contribution in [3.05, 3.63) is 71.4 Å². The minimum absolute atomic E-state index is 0.0981. The summed E-state index contributed by atoms with van der Waals surface area (Å²) in [5, 5.41) is 2.45. The van der Waals surface area contributed by atoms with Crippen molar-refractivity contribution in [2.45, 2.75) is 12.7 Å². The van der Waals surface area contributed by atoms with Crippen molar-refractivity contribution in [2.75, 3.05) is 19.4 Å². The highest BCUT2D eigenvalue weighted by Gasteiger charge is 2.37. The Morgan fingerprint density at radius 1 is 1.11 bits per heavy atom. The fraction of sp³-hybridized carbons (Fsp3) is 0.200. The van der Waals surface area contributed by atoms with E-state index < -0.39 is 23.2 Å². The smallest absolute Gasteiger partial charge is 0.322 e. The van der Waals surface area contributed by atoms with E-state index in [1.807, 2.05) is 25.1 Å². The molecule has 3 rings (SSSR count). The van der Waals surface area contributed by atoms with Gasteiger partial charge in [-0.3, -0.25) is 9.78 Å². The number of halogens is 3. The zero-order valence-corrected chi connectivity index (χ0v) is 14.8. The minimum Gasteiger partial charge on any atom is -0.322 e. The summed E-state index contributed by atoms with van der Waals surface area (Å²) < 4.78 is 41.0. The summed E-state index contributed by atoms with van der Waals surface area (Å²) in [4.78, 5) is 18.6. The number of amides is 1. The van der Waals surface area contributed by atoms with Gasteiger partial charge < -0.3 is 10.2 Å². The van der Waals surface area contributed by atoms with Crippen molar-refractivity contribution in [1.29, 1.82) is 0 Å². The number of hydrogen-bond donors (Lipinski definition) is 1. The third kappa shape index (κ3) is 4.25. The molecule has 0 aliphatic rings. The predicted octanol–water partition coefficient (Wildman–Crippen LogP) is 4.57. The molecule has 1 amide bonds. The zero-order valence-electron chi connectivity index (χ0n) is 14.8. The first-order chi connectivity index (χ1) is 12.8. The maximum atomic E-state index is 13.7. The van der Waals surface area contributed by atoms with Crippen LogP contribution in [0.1, 0.15) is 21.5 Å². The Bertz CT molecular complexity index is 984. The van der Waals surface area contributed by atoms with Gasteiger partial charge in [-0.1, -0.05) is 30.3 Å². The van der Waals surface area contributed by atoms with Crippen LogP contribution in [-0.2, 0) is 12.7 Å². The van der Waals surface area contributed by atoms with E-state index in [0.717, 1.165) is 11.8 Å². The first-order valence-corrected chi connectivity index (χ1v) is 8.25. The average molecular weight is 373 g/mol. The van der Waals surface area contributed by atoms with Gasteiger partial charge in [0.1, 0.15) is 0 Å². The fourth-order valence-electron chi connectivity index (χ4n) is 2.93. The SMILES string of the molecule is CN(C)Cc1cccc(NC(=O)c2cnc3ccccc3c2C(F)(F)F)c1. The van der Waals surface area contributed by atoms with E-state index in [1.54, 1.807) is 24.3 Å². The van der Waals surface area contributed by atoms with Crippen molar-refractivity contribution < 1.29 is 18.0 Å². The highest BCUT2D eigenvalue weighted by Crippen LogP contribution is 2.37. The van der Waals surface area contributed by atoms with E-state index in [4.69, 9.17) is 0 Å². The molecule has 0 aliphatic carbocycles. The Morgan fingerprint density at radius 3 is 2.56 bits per heavy atom. The second kappa shape index (κ2) is 7.36. The number of hydrogen-bond acceptors (Lipinski definition) is 3. The lowest BCUT2D eigenvalue weighted by molar-refractivity contribution is -0.136. The summed E-state index contributed by atoms with van der Waals surface area (Å²) in [5.74, 6) is -0.845. The first-order valence-electron chi connectivity index (χ1n) is 8.25. The van der Waals surface area contributed by atoms with E-state index in [1.165, 1.54) is 18.2 Å². The molecule has 2 aromatic carbocycles. The number of rotatable bonds is 4. The molecule has 7 heteroatoms. The first kappa shape index (κ1) is 18.8. The van der Waals surface area contributed by atoms with Crippen molar-refractivity contribution in [1.82, 2.24) is 9.88 Å². The van der Waals surface area contributed by atoms with Crippen LogP contribution in [0.4, 0.5) is 18.9 Å². The largest absolute Gasteiger partial charge is 0.417 e. The molecule has 0 radical (unpaired) electrons. The lowest BCUT2D eigenvalue weighted by Crippen LogP contribution is -2.20. The normalized spacial score (nSPS) is 11.8. The molecular formula is C20H18F3N3O. The van der Waals surface area contributed by atoms with E-state index in [9.17, 15) is 18.0 Å². The van der Waals surface area contributed by atoms with E-state index in [2.05, 4.69) is 10.3 Å². The van der Waals surface area contributed by atoms with Crippen molar-refractivity contribution in [3.63, 3.8) is 0 Å². The Morgan fingerprint density at radius 2 is 1.85 bits per heavy atom. The summed E-state index contributed by atoms with van der Waals surface area (Å²) in [7, 11) is 3.81. The summed E-state index contributed by atoms with van der Waals surface area (Å²) in [6.45, 7) is 0.648. The molecule has 27 heavy (non-hydrogen) atoms. The Labute approximate surface area is 154 Å². The number of carbonyl (C=O) groups is 1. The van der Waals surface area contributed by atoms with Gasteiger partial charge in [0.15, 0.2) is 0 Å². The number of fused-ring (bicyclic) bond motifs is 1. The number of benzene rings is 2. The second-order valence-corrected chi connectivity index (χ2v) is 6.45. The van der Waals surface area contributed by atoms with Gasteiger partial charge in [0.2, 0.25) is 0 Å². The molecule has 1 aromatic heterocycles. The minimum atomic E-state index is -4.68. The number of anilines is 1. The molecule has 0 aliphatic heterocycles.